The van der Waals surface area contributed by atoms with Crippen molar-refractivity contribution in [2.45, 2.75) is 0 Å². The van der Waals surface area contributed by atoms with Crippen LogP contribution in [-0.2, 0) is 0 Å². The molecule has 0 heterocycles. The van der Waals surface area contributed by atoms with Gasteiger partial charge in [-0.1, -0.05) is 58.0 Å². The van der Waals surface area contributed by atoms with E-state index in [4.69, 9.17) is 58.0 Å². The molecule has 1 N–H and O–H groups in total. The number of nitrogens with one attached hydrogen (secondary N) is 1. The Bertz CT molecular complexity index is 741. The minimum atomic E-state index is 0.400. The van der Waals surface area contributed by atoms with Crippen LogP contribution in [0.4, 0.5) is 11.4 Å². The van der Waals surface area contributed by atoms with Crippen molar-refractivity contribution in [1.29, 1.82) is 0 Å². The molecular weight excluding hydrogens is 385 g/mol. The Morgan fingerprint density at radius 3 is 2.14 bits per heavy atom. The summed E-state index contributed by atoms with van der Waals surface area (Å²) in [5, 5.41) is 5.25. The van der Waals surface area contributed by atoms with E-state index in [0.29, 0.717) is 30.8 Å². The average molecular weight is 395 g/mol. The number of allylic oxidation sites excluding steroid dienone is 1. The Labute approximate surface area is 153 Å². The largest absolute Gasteiger partial charge is 0.360 e. The van der Waals surface area contributed by atoms with E-state index in [2.05, 4.69) is 10.3 Å². The molecule has 2 rings (SSSR count). The van der Waals surface area contributed by atoms with Gasteiger partial charge in [0.05, 0.1) is 30.8 Å². The number of nitrogens with zero attached hydrogens (tertiary/aromatic N) is 1. The molecule has 0 aliphatic heterocycles. The highest BCUT2D eigenvalue weighted by Crippen LogP contribution is 2.27. The fourth-order valence-corrected chi connectivity index (χ4v) is 2.17. The standard InChI is InChI=1S/C15H9Cl5N2/c16-9(7-21-10-1-3-12(17)14(19)5-10)8-22-11-2-4-13(18)15(20)6-11/h1-8,21H/b9-7+,22-8?. The van der Waals surface area contributed by atoms with Crippen molar-refractivity contribution >= 4 is 75.6 Å². The van der Waals surface area contributed by atoms with E-state index >= 15 is 0 Å². The molecule has 0 spiro atoms. The zero-order valence-corrected chi connectivity index (χ0v) is 14.7. The third-order valence-corrected chi connectivity index (χ3v) is 4.22. The first-order chi connectivity index (χ1) is 10.5. The molecule has 2 aromatic rings. The van der Waals surface area contributed by atoms with Crippen molar-refractivity contribution in [3.8, 4) is 0 Å². The van der Waals surface area contributed by atoms with Crippen molar-refractivity contribution in [3.63, 3.8) is 0 Å². The van der Waals surface area contributed by atoms with Gasteiger partial charge in [0.1, 0.15) is 0 Å². The van der Waals surface area contributed by atoms with Gasteiger partial charge < -0.3 is 5.32 Å². The molecule has 0 bridgehead atoms. The number of hydrogen-bond acceptors (Lipinski definition) is 2. The smallest absolute Gasteiger partial charge is 0.0748 e. The van der Waals surface area contributed by atoms with Crippen LogP contribution in [0.15, 0.2) is 52.6 Å². The van der Waals surface area contributed by atoms with E-state index in [1.807, 2.05) is 0 Å². The van der Waals surface area contributed by atoms with Crippen molar-refractivity contribution in [2.24, 2.45) is 4.99 Å². The van der Waals surface area contributed by atoms with Crippen LogP contribution in [-0.4, -0.2) is 6.21 Å². The van der Waals surface area contributed by atoms with Crippen LogP contribution in [0.25, 0.3) is 0 Å². The number of rotatable bonds is 4. The van der Waals surface area contributed by atoms with Crippen LogP contribution < -0.4 is 5.32 Å². The van der Waals surface area contributed by atoms with Crippen molar-refractivity contribution < 1.29 is 0 Å². The van der Waals surface area contributed by atoms with Gasteiger partial charge in [0.25, 0.3) is 0 Å². The number of benzene rings is 2. The van der Waals surface area contributed by atoms with Crippen molar-refractivity contribution in [3.05, 3.63) is 67.7 Å². The summed E-state index contributed by atoms with van der Waals surface area (Å²) < 4.78 is 0. The second-order valence-electron chi connectivity index (χ2n) is 4.16. The van der Waals surface area contributed by atoms with Crippen LogP contribution in [0, 0.1) is 0 Å². The van der Waals surface area contributed by atoms with Gasteiger partial charge in [-0.2, -0.15) is 0 Å². The van der Waals surface area contributed by atoms with Gasteiger partial charge in [0.2, 0.25) is 0 Å². The van der Waals surface area contributed by atoms with Crippen LogP contribution in [0.3, 0.4) is 0 Å². The van der Waals surface area contributed by atoms with Crippen LogP contribution in [0.1, 0.15) is 0 Å². The monoisotopic (exact) mass is 392 g/mol. The lowest BCUT2D eigenvalue weighted by atomic mass is 10.3. The molecule has 2 aromatic carbocycles. The molecule has 0 aliphatic carbocycles. The molecule has 7 heteroatoms. The van der Waals surface area contributed by atoms with Gasteiger partial charge in [-0.05, 0) is 36.4 Å². The normalized spacial score (nSPS) is 12.0. The minimum absolute atomic E-state index is 0.400. The molecule has 0 saturated heterocycles. The minimum Gasteiger partial charge on any atom is -0.360 e. The second-order valence-corrected chi connectivity index (χ2v) is 6.22. The maximum Gasteiger partial charge on any atom is 0.0748 e. The molecule has 22 heavy (non-hydrogen) atoms. The number of hydrogen-bond donors (Lipinski definition) is 1. The molecule has 0 aliphatic rings. The Balaban J connectivity index is 2.04. The Morgan fingerprint density at radius 1 is 0.864 bits per heavy atom. The summed E-state index contributed by atoms with van der Waals surface area (Å²) in [6, 6.07) is 10.2. The molecule has 0 saturated carbocycles. The van der Waals surface area contributed by atoms with Crippen molar-refractivity contribution in [1.82, 2.24) is 0 Å². The number of halogens is 5. The van der Waals surface area contributed by atoms with Gasteiger partial charge >= 0.3 is 0 Å². The molecule has 0 unspecified atom stereocenters. The maximum absolute atomic E-state index is 6.05. The van der Waals surface area contributed by atoms with Gasteiger partial charge in [0.15, 0.2) is 0 Å². The predicted octanol–water partition coefficient (Wildman–Crippen LogP) is 7.19. The van der Waals surface area contributed by atoms with E-state index in [9.17, 15) is 0 Å². The lowest BCUT2D eigenvalue weighted by molar-refractivity contribution is 1.53. The van der Waals surface area contributed by atoms with Crippen LogP contribution in [0.2, 0.25) is 20.1 Å². The van der Waals surface area contributed by atoms with E-state index in [0.717, 1.165) is 5.69 Å². The number of aliphatic imine (C=N–C) groups is 1. The molecular formula is C15H9Cl5N2. The molecule has 0 fully saturated rings. The Kier molecular flexibility index (Phi) is 6.42. The number of anilines is 1. The summed E-state index contributed by atoms with van der Waals surface area (Å²) in [5.41, 5.74) is 1.41. The second kappa shape index (κ2) is 8.09. The van der Waals surface area contributed by atoms with Gasteiger partial charge in [-0.15, -0.1) is 0 Å². The zero-order chi connectivity index (χ0) is 16.1. The first-order valence-electron chi connectivity index (χ1n) is 6.02. The molecule has 0 atom stereocenters. The zero-order valence-electron chi connectivity index (χ0n) is 11.0. The van der Waals surface area contributed by atoms with E-state index < -0.39 is 0 Å². The SMILES string of the molecule is Cl/C(C=Nc1ccc(Cl)c(Cl)c1)=C/Nc1ccc(Cl)c(Cl)c1. The first-order valence-corrected chi connectivity index (χ1v) is 7.91. The van der Waals surface area contributed by atoms with Crippen LogP contribution in [0.5, 0.6) is 0 Å². The summed E-state index contributed by atoms with van der Waals surface area (Å²) in [4.78, 5) is 4.20. The lowest BCUT2D eigenvalue weighted by Crippen LogP contribution is -1.89. The summed E-state index contributed by atoms with van der Waals surface area (Å²) >= 11 is 29.6. The summed E-state index contributed by atoms with van der Waals surface area (Å²) in [6.07, 6.45) is 3.08. The fourth-order valence-electron chi connectivity index (χ4n) is 1.48. The van der Waals surface area contributed by atoms with Gasteiger partial charge in [-0.25, -0.2) is 0 Å². The highest BCUT2D eigenvalue weighted by Gasteiger charge is 1.99. The third-order valence-electron chi connectivity index (χ3n) is 2.54. The molecule has 0 radical (unpaired) electrons. The lowest BCUT2D eigenvalue weighted by Gasteiger charge is -2.02. The fraction of sp³-hybridized carbons (Fsp3) is 0. The summed E-state index contributed by atoms with van der Waals surface area (Å²) in [5.74, 6) is 0. The highest BCUT2D eigenvalue weighted by molar-refractivity contribution is 6.42. The molecule has 0 aromatic heterocycles. The molecule has 0 amide bonds. The van der Waals surface area contributed by atoms with Gasteiger partial charge in [-0.3, -0.25) is 4.99 Å². The van der Waals surface area contributed by atoms with E-state index in [1.54, 1.807) is 42.6 Å². The van der Waals surface area contributed by atoms with Gasteiger partial charge in [0, 0.05) is 18.1 Å². The van der Waals surface area contributed by atoms with Crippen molar-refractivity contribution in [2.75, 3.05) is 5.32 Å². The van der Waals surface area contributed by atoms with E-state index in [1.165, 1.54) is 6.21 Å². The maximum atomic E-state index is 6.05. The first kappa shape index (κ1) is 17.5. The average Bonchev–Trinajstić information content (AvgIpc) is 2.49. The third kappa shape index (κ3) is 5.08. The Hall–Kier alpha value is -0.900. The molecule has 114 valence electrons. The Morgan fingerprint density at radius 2 is 1.50 bits per heavy atom. The van der Waals surface area contributed by atoms with Crippen LogP contribution >= 0.6 is 58.0 Å². The predicted molar refractivity (Wildman–Crippen MR) is 98.6 cm³/mol. The summed E-state index contributed by atoms with van der Waals surface area (Å²) in [6.45, 7) is 0. The van der Waals surface area contributed by atoms with E-state index in [-0.39, 0.29) is 0 Å². The topological polar surface area (TPSA) is 24.4 Å². The summed E-state index contributed by atoms with van der Waals surface area (Å²) in [7, 11) is 0. The highest BCUT2D eigenvalue weighted by atomic mass is 35.5. The quantitative estimate of drug-likeness (QED) is 0.545. The molecule has 2 nitrogen and oxygen atoms in total.